The minimum absolute atomic E-state index is 0.267. The van der Waals surface area contributed by atoms with E-state index in [0.717, 1.165) is 23.5 Å². The number of rotatable bonds is 5. The van der Waals surface area contributed by atoms with Gasteiger partial charge >= 0.3 is 0 Å². The van der Waals surface area contributed by atoms with E-state index in [1.54, 1.807) is 7.11 Å². The molecule has 0 amide bonds. The van der Waals surface area contributed by atoms with E-state index in [1.807, 2.05) is 39.0 Å². The Hall–Kier alpha value is -1.22. The monoisotopic (exact) mass is 223 g/mol. The van der Waals surface area contributed by atoms with Gasteiger partial charge in [-0.25, -0.2) is 0 Å². The Kier molecular flexibility index (Phi) is 4.19. The van der Waals surface area contributed by atoms with Crippen molar-refractivity contribution in [3.8, 4) is 11.5 Å². The Balaban J connectivity index is 2.88. The minimum Gasteiger partial charge on any atom is -0.493 e. The van der Waals surface area contributed by atoms with Crippen molar-refractivity contribution in [2.75, 3.05) is 13.7 Å². The molecule has 0 unspecified atom stereocenters. The van der Waals surface area contributed by atoms with Crippen LogP contribution in [0, 0.1) is 6.92 Å². The molecular weight excluding hydrogens is 202 g/mol. The summed E-state index contributed by atoms with van der Waals surface area (Å²) in [5, 5.41) is 0. The lowest BCUT2D eigenvalue weighted by Gasteiger charge is -2.27. The summed E-state index contributed by atoms with van der Waals surface area (Å²) in [4.78, 5) is 0. The van der Waals surface area contributed by atoms with Gasteiger partial charge in [-0.3, -0.25) is 0 Å². The molecule has 0 fully saturated rings. The summed E-state index contributed by atoms with van der Waals surface area (Å²) in [5.41, 5.74) is 6.44. The first-order chi connectivity index (χ1) is 7.48. The molecule has 0 aliphatic rings. The molecule has 0 radical (unpaired) electrons. The number of aryl methyl sites for hydroxylation is 1. The third-order valence-electron chi connectivity index (χ3n) is 2.45. The first-order valence-electron chi connectivity index (χ1n) is 5.52. The fourth-order valence-electron chi connectivity index (χ4n) is 1.56. The fraction of sp³-hybridized carbons (Fsp3) is 0.538. The Labute approximate surface area is 97.6 Å². The molecule has 1 aromatic carbocycles. The zero-order valence-corrected chi connectivity index (χ0v) is 10.5. The van der Waals surface area contributed by atoms with Crippen molar-refractivity contribution in [3.63, 3.8) is 0 Å². The van der Waals surface area contributed by atoms with Gasteiger partial charge in [0, 0.05) is 0 Å². The molecule has 0 saturated heterocycles. The van der Waals surface area contributed by atoms with Gasteiger partial charge in [-0.2, -0.15) is 0 Å². The summed E-state index contributed by atoms with van der Waals surface area (Å²) in [6, 6.07) is 5.91. The van der Waals surface area contributed by atoms with Crippen molar-refractivity contribution in [1.29, 1.82) is 0 Å². The van der Waals surface area contributed by atoms with Gasteiger partial charge in [0.2, 0.25) is 0 Å². The van der Waals surface area contributed by atoms with Crippen LogP contribution in [0.15, 0.2) is 18.2 Å². The summed E-state index contributed by atoms with van der Waals surface area (Å²) in [6.07, 6.45) is 0.810. The van der Waals surface area contributed by atoms with Crippen LogP contribution < -0.4 is 15.2 Å². The second kappa shape index (κ2) is 5.21. The Morgan fingerprint density at radius 2 is 1.94 bits per heavy atom. The average molecular weight is 223 g/mol. The molecule has 2 N–H and O–H groups in total. The highest BCUT2D eigenvalue weighted by Gasteiger charge is 2.20. The largest absolute Gasteiger partial charge is 0.493 e. The van der Waals surface area contributed by atoms with Gasteiger partial charge in [0.1, 0.15) is 5.60 Å². The van der Waals surface area contributed by atoms with Crippen LogP contribution in [0.4, 0.5) is 0 Å². The molecule has 1 aromatic rings. The molecular formula is C13H21NO2. The molecule has 3 heteroatoms. The van der Waals surface area contributed by atoms with Gasteiger partial charge in [-0.1, -0.05) is 6.07 Å². The third kappa shape index (κ3) is 3.42. The van der Waals surface area contributed by atoms with E-state index in [1.165, 1.54) is 0 Å². The molecule has 0 aliphatic heterocycles. The highest BCUT2D eigenvalue weighted by Crippen LogP contribution is 2.31. The smallest absolute Gasteiger partial charge is 0.161 e. The quantitative estimate of drug-likeness (QED) is 0.834. The van der Waals surface area contributed by atoms with Gasteiger partial charge < -0.3 is 15.2 Å². The van der Waals surface area contributed by atoms with Crippen molar-refractivity contribution in [2.24, 2.45) is 5.73 Å². The number of hydrogen-bond donors (Lipinski definition) is 1. The molecule has 0 heterocycles. The normalized spacial score (nSPS) is 11.3. The van der Waals surface area contributed by atoms with Gasteiger partial charge in [0.15, 0.2) is 11.5 Å². The van der Waals surface area contributed by atoms with Crippen LogP contribution >= 0.6 is 0 Å². The molecule has 0 spiro atoms. The van der Waals surface area contributed by atoms with Crippen LogP contribution in [-0.2, 0) is 0 Å². The van der Waals surface area contributed by atoms with E-state index in [9.17, 15) is 0 Å². The van der Waals surface area contributed by atoms with Crippen LogP contribution in [0.1, 0.15) is 25.8 Å². The van der Waals surface area contributed by atoms with Crippen LogP contribution in [0.2, 0.25) is 0 Å². The Morgan fingerprint density at radius 1 is 1.25 bits per heavy atom. The highest BCUT2D eigenvalue weighted by atomic mass is 16.5. The van der Waals surface area contributed by atoms with E-state index in [4.69, 9.17) is 15.2 Å². The van der Waals surface area contributed by atoms with Crippen molar-refractivity contribution in [1.82, 2.24) is 0 Å². The first kappa shape index (κ1) is 12.8. The lowest BCUT2D eigenvalue weighted by Crippen LogP contribution is -2.31. The number of ether oxygens (including phenoxy) is 2. The molecule has 0 atom stereocenters. The van der Waals surface area contributed by atoms with Crippen molar-refractivity contribution in [2.45, 2.75) is 32.8 Å². The maximum atomic E-state index is 5.91. The lowest BCUT2D eigenvalue weighted by atomic mass is 10.1. The van der Waals surface area contributed by atoms with Crippen molar-refractivity contribution in [3.05, 3.63) is 23.8 Å². The molecule has 0 aromatic heterocycles. The molecule has 16 heavy (non-hydrogen) atoms. The third-order valence-corrected chi connectivity index (χ3v) is 2.45. The number of benzene rings is 1. The van der Waals surface area contributed by atoms with Gasteiger partial charge in [0.05, 0.1) is 7.11 Å². The topological polar surface area (TPSA) is 44.5 Å². The van der Waals surface area contributed by atoms with Crippen LogP contribution in [0.5, 0.6) is 11.5 Å². The fourth-order valence-corrected chi connectivity index (χ4v) is 1.56. The summed E-state index contributed by atoms with van der Waals surface area (Å²) >= 11 is 0. The maximum Gasteiger partial charge on any atom is 0.161 e. The van der Waals surface area contributed by atoms with E-state index in [2.05, 4.69) is 0 Å². The molecule has 3 nitrogen and oxygen atoms in total. The minimum atomic E-state index is -0.267. The van der Waals surface area contributed by atoms with Crippen molar-refractivity contribution >= 4 is 0 Å². The first-order valence-corrected chi connectivity index (χ1v) is 5.52. The van der Waals surface area contributed by atoms with E-state index < -0.39 is 0 Å². The molecule has 1 rings (SSSR count). The zero-order valence-electron chi connectivity index (χ0n) is 10.5. The number of methoxy groups -OCH3 is 1. The second-order valence-corrected chi connectivity index (χ2v) is 4.55. The number of hydrogen-bond acceptors (Lipinski definition) is 3. The SMILES string of the molecule is COc1cc(C)ccc1OC(C)(C)CCN. The standard InChI is InChI=1S/C13H21NO2/c1-10-5-6-11(12(9-10)15-4)16-13(2,3)7-8-14/h5-6,9H,7-8,14H2,1-4H3. The van der Waals surface area contributed by atoms with E-state index >= 15 is 0 Å². The van der Waals surface area contributed by atoms with Crippen LogP contribution in [0.3, 0.4) is 0 Å². The highest BCUT2D eigenvalue weighted by molar-refractivity contribution is 5.42. The average Bonchev–Trinajstić information content (AvgIpc) is 2.20. The van der Waals surface area contributed by atoms with Crippen LogP contribution in [-0.4, -0.2) is 19.3 Å². The predicted octanol–water partition coefficient (Wildman–Crippen LogP) is 2.51. The summed E-state index contributed by atoms with van der Waals surface area (Å²) in [7, 11) is 1.65. The summed E-state index contributed by atoms with van der Waals surface area (Å²) < 4.78 is 11.2. The van der Waals surface area contributed by atoms with Crippen molar-refractivity contribution < 1.29 is 9.47 Å². The predicted molar refractivity (Wildman–Crippen MR) is 66.1 cm³/mol. The molecule has 90 valence electrons. The van der Waals surface area contributed by atoms with E-state index in [0.29, 0.717) is 6.54 Å². The lowest BCUT2D eigenvalue weighted by molar-refractivity contribution is 0.0979. The number of nitrogens with two attached hydrogens (primary N) is 1. The second-order valence-electron chi connectivity index (χ2n) is 4.55. The zero-order chi connectivity index (χ0) is 12.2. The molecule has 0 saturated carbocycles. The van der Waals surface area contributed by atoms with Crippen LogP contribution in [0.25, 0.3) is 0 Å². The van der Waals surface area contributed by atoms with Gasteiger partial charge in [0.25, 0.3) is 0 Å². The van der Waals surface area contributed by atoms with Gasteiger partial charge in [-0.05, 0) is 51.4 Å². The summed E-state index contributed by atoms with van der Waals surface area (Å²) in [6.45, 7) is 6.69. The molecule has 0 bridgehead atoms. The molecule has 0 aliphatic carbocycles. The Morgan fingerprint density at radius 3 is 2.50 bits per heavy atom. The Bertz CT molecular complexity index is 348. The van der Waals surface area contributed by atoms with E-state index in [-0.39, 0.29) is 5.60 Å². The summed E-state index contributed by atoms with van der Waals surface area (Å²) in [5.74, 6) is 1.54. The maximum absolute atomic E-state index is 5.91. The van der Waals surface area contributed by atoms with Gasteiger partial charge in [-0.15, -0.1) is 0 Å².